The minimum absolute atomic E-state index is 0.00854. The number of hydrogen-bond donors (Lipinski definition) is 1. The summed E-state index contributed by atoms with van der Waals surface area (Å²) in [4.78, 5) is 2.03. The Morgan fingerprint density at radius 2 is 2.04 bits per heavy atom. The van der Waals surface area contributed by atoms with E-state index in [1.807, 2.05) is 30.3 Å². The zero-order valence-corrected chi connectivity index (χ0v) is 15.9. The van der Waals surface area contributed by atoms with Gasteiger partial charge in [0, 0.05) is 26.2 Å². The lowest BCUT2D eigenvalue weighted by Crippen LogP contribution is -2.42. The first kappa shape index (κ1) is 19.8. The third-order valence-electron chi connectivity index (χ3n) is 4.48. The van der Waals surface area contributed by atoms with Crippen LogP contribution in [0.3, 0.4) is 0 Å². The maximum Gasteiger partial charge on any atom is 0.240 e. The van der Waals surface area contributed by atoms with Crippen LogP contribution in [0.4, 0.5) is 4.39 Å². The summed E-state index contributed by atoms with van der Waals surface area (Å²) >= 11 is 0. The summed E-state index contributed by atoms with van der Waals surface area (Å²) in [5.74, 6) is -0.700. The average Bonchev–Trinajstić information content (AvgIpc) is 2.69. The minimum Gasteiger partial charge on any atom is -0.494 e. The summed E-state index contributed by atoms with van der Waals surface area (Å²) in [6.45, 7) is 2.81. The Hall–Kier alpha value is -2.00. The van der Waals surface area contributed by atoms with Gasteiger partial charge in [0.1, 0.15) is 0 Å². The Morgan fingerprint density at radius 1 is 1.26 bits per heavy atom. The van der Waals surface area contributed by atoms with Gasteiger partial charge in [0.2, 0.25) is 10.0 Å². The van der Waals surface area contributed by atoms with E-state index >= 15 is 0 Å². The van der Waals surface area contributed by atoms with Crippen molar-refractivity contribution in [3.05, 3.63) is 59.9 Å². The van der Waals surface area contributed by atoms with Crippen molar-refractivity contribution in [2.24, 2.45) is 0 Å². The summed E-state index contributed by atoms with van der Waals surface area (Å²) in [5, 5.41) is 0. The third kappa shape index (κ3) is 5.04. The fourth-order valence-electron chi connectivity index (χ4n) is 3.01. The van der Waals surface area contributed by atoms with E-state index in [0.717, 1.165) is 18.2 Å². The lowest BCUT2D eigenvalue weighted by molar-refractivity contribution is -0.0291. The van der Waals surface area contributed by atoms with Crippen LogP contribution in [0.25, 0.3) is 0 Å². The molecule has 2 aromatic carbocycles. The molecule has 1 atom stereocenters. The van der Waals surface area contributed by atoms with E-state index in [1.165, 1.54) is 19.2 Å². The van der Waals surface area contributed by atoms with Crippen LogP contribution in [0.5, 0.6) is 5.75 Å². The van der Waals surface area contributed by atoms with E-state index in [0.29, 0.717) is 19.7 Å². The van der Waals surface area contributed by atoms with Crippen LogP contribution in [0.1, 0.15) is 11.7 Å². The highest BCUT2D eigenvalue weighted by molar-refractivity contribution is 7.89. The lowest BCUT2D eigenvalue weighted by Gasteiger charge is -2.33. The lowest BCUT2D eigenvalue weighted by atomic mass is 10.1. The normalized spacial score (nSPS) is 18.4. The molecule has 0 bridgehead atoms. The first-order chi connectivity index (χ1) is 13.0. The summed E-state index contributed by atoms with van der Waals surface area (Å²) in [7, 11) is -2.45. The van der Waals surface area contributed by atoms with Gasteiger partial charge in [-0.1, -0.05) is 30.3 Å². The highest BCUT2D eigenvalue weighted by Gasteiger charge is 2.22. The second-order valence-corrected chi connectivity index (χ2v) is 8.03. The molecule has 0 radical (unpaired) electrons. The number of halogens is 1. The number of nitrogens with one attached hydrogen (secondary N) is 1. The van der Waals surface area contributed by atoms with Crippen molar-refractivity contribution < 1.29 is 22.3 Å². The van der Waals surface area contributed by atoms with Gasteiger partial charge in [0.15, 0.2) is 11.6 Å². The Kier molecular flexibility index (Phi) is 6.43. The zero-order valence-electron chi connectivity index (χ0n) is 15.1. The molecule has 0 aliphatic carbocycles. The molecule has 0 spiro atoms. The van der Waals surface area contributed by atoms with Crippen molar-refractivity contribution in [3.8, 4) is 5.75 Å². The second-order valence-electron chi connectivity index (χ2n) is 6.26. The summed E-state index contributed by atoms with van der Waals surface area (Å²) in [5.41, 5.74) is 1.11. The number of benzene rings is 2. The van der Waals surface area contributed by atoms with Crippen LogP contribution in [0.2, 0.25) is 0 Å². The van der Waals surface area contributed by atoms with Gasteiger partial charge < -0.3 is 9.47 Å². The Morgan fingerprint density at radius 3 is 2.74 bits per heavy atom. The van der Waals surface area contributed by atoms with Crippen molar-refractivity contribution in [3.63, 3.8) is 0 Å². The zero-order chi connectivity index (χ0) is 19.3. The molecule has 6 nitrogen and oxygen atoms in total. The maximum absolute atomic E-state index is 13.8. The molecule has 1 saturated heterocycles. The minimum atomic E-state index is -3.78. The molecule has 0 amide bonds. The quantitative estimate of drug-likeness (QED) is 0.780. The van der Waals surface area contributed by atoms with Crippen LogP contribution in [0, 0.1) is 5.82 Å². The van der Waals surface area contributed by atoms with Crippen molar-refractivity contribution in [2.45, 2.75) is 11.0 Å². The summed E-state index contributed by atoms with van der Waals surface area (Å²) in [6.07, 6.45) is -0.0211. The smallest absolute Gasteiger partial charge is 0.240 e. The largest absolute Gasteiger partial charge is 0.494 e. The number of methoxy groups -OCH3 is 1. The van der Waals surface area contributed by atoms with Crippen LogP contribution >= 0.6 is 0 Å². The SMILES string of the molecule is COc1ccc(S(=O)(=O)NCCN2CCOC(c3ccccc3)C2)cc1F. The molecule has 3 rings (SSSR count). The first-order valence-electron chi connectivity index (χ1n) is 8.72. The number of rotatable bonds is 7. The third-order valence-corrected chi connectivity index (χ3v) is 5.93. The Labute approximate surface area is 159 Å². The van der Waals surface area contributed by atoms with E-state index < -0.39 is 15.8 Å². The van der Waals surface area contributed by atoms with E-state index in [1.54, 1.807) is 0 Å². The molecule has 2 aromatic rings. The van der Waals surface area contributed by atoms with E-state index in [4.69, 9.17) is 9.47 Å². The number of nitrogens with zero attached hydrogens (tertiary/aromatic N) is 1. The number of sulfonamides is 1. The second kappa shape index (κ2) is 8.79. The topological polar surface area (TPSA) is 67.9 Å². The molecule has 0 saturated carbocycles. The van der Waals surface area contributed by atoms with E-state index in [2.05, 4.69) is 9.62 Å². The van der Waals surface area contributed by atoms with Gasteiger partial charge in [-0.3, -0.25) is 4.90 Å². The van der Waals surface area contributed by atoms with Crippen LogP contribution in [-0.4, -0.2) is 53.2 Å². The molecule has 0 aromatic heterocycles. The molecule has 1 N–H and O–H groups in total. The number of hydrogen-bond acceptors (Lipinski definition) is 5. The Balaban J connectivity index is 1.55. The number of morpholine rings is 1. The summed E-state index contributed by atoms with van der Waals surface area (Å²) in [6, 6.07) is 13.5. The van der Waals surface area contributed by atoms with Crippen LogP contribution in [-0.2, 0) is 14.8 Å². The van der Waals surface area contributed by atoms with Crippen molar-refractivity contribution in [1.29, 1.82) is 0 Å². The molecule has 1 aliphatic rings. The number of ether oxygens (including phenoxy) is 2. The molecular weight excluding hydrogens is 371 g/mol. The predicted molar refractivity (Wildman–Crippen MR) is 99.7 cm³/mol. The Bertz CT molecular complexity index is 861. The maximum atomic E-state index is 13.8. The fraction of sp³-hybridized carbons (Fsp3) is 0.368. The van der Waals surface area contributed by atoms with Crippen LogP contribution < -0.4 is 9.46 Å². The molecule has 146 valence electrons. The van der Waals surface area contributed by atoms with Crippen LogP contribution in [0.15, 0.2) is 53.4 Å². The standard InChI is InChI=1S/C19H23FN2O4S/c1-25-18-8-7-16(13-17(18)20)27(23,24)21-9-10-22-11-12-26-19(14-22)15-5-3-2-4-6-15/h2-8,13,19,21H,9-12,14H2,1H3. The summed E-state index contributed by atoms with van der Waals surface area (Å²) < 4.78 is 51.6. The monoisotopic (exact) mass is 394 g/mol. The van der Waals surface area contributed by atoms with Gasteiger partial charge >= 0.3 is 0 Å². The van der Waals surface area contributed by atoms with Gasteiger partial charge in [-0.05, 0) is 23.8 Å². The van der Waals surface area contributed by atoms with E-state index in [-0.39, 0.29) is 23.3 Å². The van der Waals surface area contributed by atoms with Gasteiger partial charge in [-0.25, -0.2) is 17.5 Å². The molecule has 1 fully saturated rings. The fourth-order valence-corrected chi connectivity index (χ4v) is 4.04. The van der Waals surface area contributed by atoms with E-state index in [9.17, 15) is 12.8 Å². The van der Waals surface area contributed by atoms with Crippen molar-refractivity contribution in [1.82, 2.24) is 9.62 Å². The van der Waals surface area contributed by atoms with Crippen molar-refractivity contribution in [2.75, 3.05) is 39.9 Å². The van der Waals surface area contributed by atoms with Crippen molar-refractivity contribution >= 4 is 10.0 Å². The van der Waals surface area contributed by atoms with Gasteiger partial charge in [-0.15, -0.1) is 0 Å². The molecule has 27 heavy (non-hydrogen) atoms. The highest BCUT2D eigenvalue weighted by atomic mass is 32.2. The molecule has 1 aliphatic heterocycles. The average molecular weight is 394 g/mol. The first-order valence-corrected chi connectivity index (χ1v) is 10.2. The van der Waals surface area contributed by atoms with Gasteiger partial charge in [0.05, 0.1) is 24.7 Å². The predicted octanol–water partition coefficient (Wildman–Crippen LogP) is 2.19. The molecule has 8 heteroatoms. The van der Waals surface area contributed by atoms with Gasteiger partial charge in [0.25, 0.3) is 0 Å². The highest BCUT2D eigenvalue weighted by Crippen LogP contribution is 2.22. The van der Waals surface area contributed by atoms with Gasteiger partial charge in [-0.2, -0.15) is 0 Å². The molecule has 1 unspecified atom stereocenters. The molecular formula is C19H23FN2O4S. The molecule has 1 heterocycles.